The highest BCUT2D eigenvalue weighted by atomic mass is 16.5. The summed E-state index contributed by atoms with van der Waals surface area (Å²) in [4.78, 5) is 4.45. The Hall–Kier alpha value is -0.930. The molecule has 0 aliphatic carbocycles. The lowest BCUT2D eigenvalue weighted by molar-refractivity contribution is 0.0218. The van der Waals surface area contributed by atoms with Crippen LogP contribution in [0.3, 0.4) is 0 Å². The number of hydrogen-bond donors (Lipinski definition) is 1. The molecule has 3 nitrogen and oxygen atoms in total. The molecule has 0 spiro atoms. The van der Waals surface area contributed by atoms with Crippen molar-refractivity contribution in [3.05, 3.63) is 29.6 Å². The molecule has 3 heteroatoms. The van der Waals surface area contributed by atoms with Crippen molar-refractivity contribution in [1.29, 1.82) is 0 Å². The van der Waals surface area contributed by atoms with E-state index >= 15 is 0 Å². The predicted molar refractivity (Wildman–Crippen MR) is 79.9 cm³/mol. The minimum absolute atomic E-state index is 0.133. The molecule has 1 aromatic rings. The van der Waals surface area contributed by atoms with Crippen molar-refractivity contribution in [2.75, 3.05) is 0 Å². The molecule has 1 heterocycles. The molecule has 0 aromatic carbocycles. The SMILES string of the molecule is CC(C)C(C)OCc1ccc(CNC(C)(C)C)cn1. The fourth-order valence-electron chi connectivity index (χ4n) is 1.42. The van der Waals surface area contributed by atoms with E-state index < -0.39 is 0 Å². The summed E-state index contributed by atoms with van der Waals surface area (Å²) in [5.41, 5.74) is 2.33. The Morgan fingerprint density at radius 1 is 1.21 bits per heavy atom. The Morgan fingerprint density at radius 3 is 2.37 bits per heavy atom. The third-order valence-electron chi connectivity index (χ3n) is 3.14. The number of pyridine rings is 1. The van der Waals surface area contributed by atoms with Crippen LogP contribution in [0.2, 0.25) is 0 Å². The Labute approximate surface area is 117 Å². The number of hydrogen-bond acceptors (Lipinski definition) is 3. The number of nitrogens with one attached hydrogen (secondary N) is 1. The van der Waals surface area contributed by atoms with E-state index in [0.29, 0.717) is 12.5 Å². The summed E-state index contributed by atoms with van der Waals surface area (Å²) in [5, 5.41) is 3.45. The van der Waals surface area contributed by atoms with Crippen LogP contribution in [-0.2, 0) is 17.9 Å². The molecule has 108 valence electrons. The molecular weight excluding hydrogens is 236 g/mol. The van der Waals surface area contributed by atoms with Crippen LogP contribution < -0.4 is 5.32 Å². The topological polar surface area (TPSA) is 34.1 Å². The lowest BCUT2D eigenvalue weighted by atomic mass is 10.1. The molecule has 1 aromatic heterocycles. The summed E-state index contributed by atoms with van der Waals surface area (Å²) in [6, 6.07) is 4.16. The molecule has 1 N–H and O–H groups in total. The summed E-state index contributed by atoms with van der Waals surface area (Å²) in [5.74, 6) is 0.537. The second kappa shape index (κ2) is 7.01. The average molecular weight is 264 g/mol. The van der Waals surface area contributed by atoms with E-state index in [2.05, 4.69) is 57.9 Å². The van der Waals surface area contributed by atoms with E-state index in [-0.39, 0.29) is 11.6 Å². The molecule has 1 rings (SSSR count). The standard InChI is InChI=1S/C16H28N2O/c1-12(2)13(3)19-11-15-8-7-14(9-17-15)10-18-16(4,5)6/h7-9,12-13,18H,10-11H2,1-6H3. The first kappa shape index (κ1) is 16.1. The minimum atomic E-state index is 0.133. The first-order valence-corrected chi connectivity index (χ1v) is 7.08. The Kier molecular flexibility index (Phi) is 5.95. The second-order valence-electron chi connectivity index (χ2n) is 6.52. The summed E-state index contributed by atoms with van der Waals surface area (Å²) < 4.78 is 5.77. The van der Waals surface area contributed by atoms with Crippen LogP contribution in [0.1, 0.15) is 52.8 Å². The van der Waals surface area contributed by atoms with Crippen molar-refractivity contribution in [1.82, 2.24) is 10.3 Å². The number of ether oxygens (including phenoxy) is 1. The first-order valence-electron chi connectivity index (χ1n) is 7.08. The molecule has 19 heavy (non-hydrogen) atoms. The van der Waals surface area contributed by atoms with Crippen molar-refractivity contribution < 1.29 is 4.74 Å². The Morgan fingerprint density at radius 2 is 1.89 bits per heavy atom. The van der Waals surface area contributed by atoms with Crippen LogP contribution in [0.15, 0.2) is 18.3 Å². The summed E-state index contributed by atoms with van der Waals surface area (Å²) in [6.07, 6.45) is 2.20. The van der Waals surface area contributed by atoms with Gasteiger partial charge in [0, 0.05) is 18.3 Å². The molecule has 0 amide bonds. The molecule has 1 unspecified atom stereocenters. The van der Waals surface area contributed by atoms with Gasteiger partial charge >= 0.3 is 0 Å². The molecule has 0 radical (unpaired) electrons. The summed E-state index contributed by atoms with van der Waals surface area (Å²) in [7, 11) is 0. The summed E-state index contributed by atoms with van der Waals surface area (Å²) >= 11 is 0. The van der Waals surface area contributed by atoms with Crippen LogP contribution in [-0.4, -0.2) is 16.6 Å². The van der Waals surface area contributed by atoms with Crippen LogP contribution in [0.4, 0.5) is 0 Å². The number of aromatic nitrogens is 1. The highest BCUT2D eigenvalue weighted by molar-refractivity contribution is 5.13. The van der Waals surface area contributed by atoms with Crippen molar-refractivity contribution in [2.24, 2.45) is 5.92 Å². The van der Waals surface area contributed by atoms with Gasteiger partial charge in [-0.2, -0.15) is 0 Å². The van der Waals surface area contributed by atoms with Gasteiger partial charge in [0.25, 0.3) is 0 Å². The van der Waals surface area contributed by atoms with E-state index in [1.54, 1.807) is 0 Å². The van der Waals surface area contributed by atoms with Crippen molar-refractivity contribution >= 4 is 0 Å². The van der Waals surface area contributed by atoms with Gasteiger partial charge in [0.15, 0.2) is 0 Å². The zero-order chi connectivity index (χ0) is 14.5. The predicted octanol–water partition coefficient (Wildman–Crippen LogP) is 3.53. The quantitative estimate of drug-likeness (QED) is 0.853. The molecule has 0 saturated heterocycles. The first-order chi connectivity index (χ1) is 8.78. The molecule has 0 aliphatic rings. The highest BCUT2D eigenvalue weighted by Gasteiger charge is 2.09. The lowest BCUT2D eigenvalue weighted by Crippen LogP contribution is -2.35. The lowest BCUT2D eigenvalue weighted by Gasteiger charge is -2.20. The zero-order valence-electron chi connectivity index (χ0n) is 13.2. The molecule has 0 bridgehead atoms. The highest BCUT2D eigenvalue weighted by Crippen LogP contribution is 2.09. The maximum atomic E-state index is 5.77. The van der Waals surface area contributed by atoms with E-state index in [4.69, 9.17) is 4.74 Å². The van der Waals surface area contributed by atoms with Crippen molar-refractivity contribution in [3.8, 4) is 0 Å². The number of nitrogens with zero attached hydrogens (tertiary/aromatic N) is 1. The third kappa shape index (κ3) is 6.69. The fourth-order valence-corrected chi connectivity index (χ4v) is 1.42. The molecule has 0 saturated carbocycles. The average Bonchev–Trinajstić information content (AvgIpc) is 2.33. The van der Waals surface area contributed by atoms with Crippen LogP contribution >= 0.6 is 0 Å². The van der Waals surface area contributed by atoms with Gasteiger partial charge in [-0.25, -0.2) is 0 Å². The van der Waals surface area contributed by atoms with E-state index in [1.807, 2.05) is 12.3 Å². The monoisotopic (exact) mass is 264 g/mol. The molecule has 0 fully saturated rings. The van der Waals surface area contributed by atoms with E-state index in [9.17, 15) is 0 Å². The maximum Gasteiger partial charge on any atom is 0.0891 e. The van der Waals surface area contributed by atoms with Crippen LogP contribution in [0.5, 0.6) is 0 Å². The van der Waals surface area contributed by atoms with Gasteiger partial charge in [0.1, 0.15) is 0 Å². The van der Waals surface area contributed by atoms with Crippen LogP contribution in [0.25, 0.3) is 0 Å². The summed E-state index contributed by atoms with van der Waals surface area (Å²) in [6.45, 7) is 14.4. The number of rotatable bonds is 6. The van der Waals surface area contributed by atoms with Gasteiger partial charge in [0.2, 0.25) is 0 Å². The molecule has 0 aliphatic heterocycles. The van der Waals surface area contributed by atoms with E-state index in [0.717, 1.165) is 12.2 Å². The van der Waals surface area contributed by atoms with Gasteiger partial charge in [0.05, 0.1) is 18.4 Å². The molecular formula is C16H28N2O. The van der Waals surface area contributed by atoms with Crippen molar-refractivity contribution in [3.63, 3.8) is 0 Å². The van der Waals surface area contributed by atoms with Gasteiger partial charge < -0.3 is 10.1 Å². The zero-order valence-corrected chi connectivity index (χ0v) is 13.2. The maximum absolute atomic E-state index is 5.77. The largest absolute Gasteiger partial charge is 0.372 e. The van der Waals surface area contributed by atoms with Gasteiger partial charge in [-0.05, 0) is 45.2 Å². The van der Waals surface area contributed by atoms with Gasteiger partial charge in [-0.3, -0.25) is 4.98 Å². The van der Waals surface area contributed by atoms with Gasteiger partial charge in [-0.15, -0.1) is 0 Å². The minimum Gasteiger partial charge on any atom is -0.372 e. The van der Waals surface area contributed by atoms with Gasteiger partial charge in [-0.1, -0.05) is 19.9 Å². The normalized spacial score (nSPS) is 13.8. The third-order valence-corrected chi connectivity index (χ3v) is 3.14. The Bertz CT molecular complexity index is 365. The smallest absolute Gasteiger partial charge is 0.0891 e. The van der Waals surface area contributed by atoms with E-state index in [1.165, 1.54) is 5.56 Å². The fraction of sp³-hybridized carbons (Fsp3) is 0.688. The van der Waals surface area contributed by atoms with Crippen LogP contribution in [0, 0.1) is 5.92 Å². The van der Waals surface area contributed by atoms with Crippen molar-refractivity contribution in [2.45, 2.75) is 66.3 Å². The Balaban J connectivity index is 2.43. The second-order valence-corrected chi connectivity index (χ2v) is 6.52. The molecule has 1 atom stereocenters.